The van der Waals surface area contributed by atoms with E-state index in [2.05, 4.69) is 0 Å². The van der Waals surface area contributed by atoms with Gasteiger partial charge in [0, 0.05) is 25.2 Å². The summed E-state index contributed by atoms with van der Waals surface area (Å²) in [6, 6.07) is 12.6. The van der Waals surface area contributed by atoms with Gasteiger partial charge < -0.3 is 9.80 Å². The molecule has 2 amide bonds. The van der Waals surface area contributed by atoms with Gasteiger partial charge in [-0.3, -0.25) is 9.59 Å². The van der Waals surface area contributed by atoms with Crippen molar-refractivity contribution < 1.29 is 22.8 Å². The van der Waals surface area contributed by atoms with Crippen LogP contribution >= 0.6 is 0 Å². The molecular weight excluding hydrogens is 369 g/mol. The largest absolute Gasteiger partial charge is 0.471 e. The number of halogens is 3. The van der Waals surface area contributed by atoms with Crippen molar-refractivity contribution in [2.45, 2.75) is 38.4 Å². The van der Waals surface area contributed by atoms with Crippen LogP contribution in [0.5, 0.6) is 0 Å². The molecule has 1 saturated heterocycles. The van der Waals surface area contributed by atoms with Crippen molar-refractivity contribution >= 4 is 22.6 Å². The van der Waals surface area contributed by atoms with E-state index in [0.717, 1.165) is 28.5 Å². The van der Waals surface area contributed by atoms with Gasteiger partial charge in [0.1, 0.15) is 0 Å². The molecule has 2 aromatic carbocycles. The summed E-state index contributed by atoms with van der Waals surface area (Å²) < 4.78 is 38.3. The summed E-state index contributed by atoms with van der Waals surface area (Å²) in [5.41, 5.74) is 0.537. The van der Waals surface area contributed by atoms with Crippen molar-refractivity contribution in [3.63, 3.8) is 0 Å². The van der Waals surface area contributed by atoms with Gasteiger partial charge in [0.25, 0.3) is 5.91 Å². The van der Waals surface area contributed by atoms with Crippen LogP contribution in [-0.4, -0.2) is 53.5 Å². The number of hydrogen-bond acceptors (Lipinski definition) is 2. The summed E-state index contributed by atoms with van der Waals surface area (Å²) >= 11 is 0. The van der Waals surface area contributed by atoms with E-state index >= 15 is 0 Å². The molecular formula is C21H23F3N2O2. The normalized spacial score (nSPS) is 17.1. The number of fused-ring (bicyclic) bond motifs is 1. The Hall–Kier alpha value is -2.57. The van der Waals surface area contributed by atoms with Gasteiger partial charge in [0.2, 0.25) is 0 Å². The Kier molecular flexibility index (Phi) is 5.91. The maximum Gasteiger partial charge on any atom is 0.471 e. The van der Waals surface area contributed by atoms with E-state index in [4.69, 9.17) is 0 Å². The maximum atomic E-state index is 13.3. The van der Waals surface area contributed by atoms with Gasteiger partial charge in [0.05, 0.1) is 6.04 Å². The first-order valence-electron chi connectivity index (χ1n) is 9.47. The number of nitrogens with zero attached hydrogens (tertiary/aromatic N) is 2. The van der Waals surface area contributed by atoms with Crippen LogP contribution < -0.4 is 0 Å². The zero-order valence-corrected chi connectivity index (χ0v) is 15.7. The molecule has 28 heavy (non-hydrogen) atoms. The Balaban J connectivity index is 1.86. The molecule has 4 nitrogen and oxygen atoms in total. The fraction of sp³-hybridized carbons (Fsp3) is 0.429. The number of carbonyl (C=O) groups is 2. The van der Waals surface area contributed by atoms with E-state index in [1.54, 1.807) is 11.0 Å². The molecule has 0 aliphatic carbocycles. The first kappa shape index (κ1) is 20.2. The third-order valence-electron chi connectivity index (χ3n) is 5.17. The van der Waals surface area contributed by atoms with Gasteiger partial charge in [-0.1, -0.05) is 49.7 Å². The zero-order valence-electron chi connectivity index (χ0n) is 15.7. The molecule has 0 saturated carbocycles. The Morgan fingerprint density at radius 1 is 1.14 bits per heavy atom. The fourth-order valence-corrected chi connectivity index (χ4v) is 3.70. The first-order valence-corrected chi connectivity index (χ1v) is 9.47. The van der Waals surface area contributed by atoms with Crippen molar-refractivity contribution in [3.8, 4) is 0 Å². The minimum Gasteiger partial charge on any atom is -0.334 e. The SMILES string of the molecule is CCCCN(C(=O)c1cccc2ccccc12)[C@H]1CCN(C(=O)C(F)(F)F)C1. The van der Waals surface area contributed by atoms with E-state index < -0.39 is 18.1 Å². The van der Waals surface area contributed by atoms with Crippen LogP contribution in [0.1, 0.15) is 36.5 Å². The molecule has 1 aliphatic heterocycles. The van der Waals surface area contributed by atoms with Crippen LogP contribution in [0.25, 0.3) is 10.8 Å². The molecule has 0 unspecified atom stereocenters. The average Bonchev–Trinajstić information content (AvgIpc) is 3.16. The molecule has 2 aromatic rings. The lowest BCUT2D eigenvalue weighted by atomic mass is 10.0. The lowest BCUT2D eigenvalue weighted by Gasteiger charge is -2.30. The summed E-state index contributed by atoms with van der Waals surface area (Å²) in [4.78, 5) is 27.3. The third-order valence-corrected chi connectivity index (χ3v) is 5.17. The second-order valence-electron chi connectivity index (χ2n) is 7.07. The predicted molar refractivity (Wildman–Crippen MR) is 101 cm³/mol. The number of carbonyl (C=O) groups excluding carboxylic acids is 2. The lowest BCUT2D eigenvalue weighted by molar-refractivity contribution is -0.184. The van der Waals surface area contributed by atoms with E-state index in [-0.39, 0.29) is 19.0 Å². The number of amides is 2. The number of hydrogen-bond donors (Lipinski definition) is 0. The number of alkyl halides is 3. The zero-order chi connectivity index (χ0) is 20.3. The van der Waals surface area contributed by atoms with Crippen LogP contribution in [0.4, 0.5) is 13.2 Å². The topological polar surface area (TPSA) is 40.6 Å². The Bertz CT molecular complexity index is 861. The van der Waals surface area contributed by atoms with Gasteiger partial charge in [-0.05, 0) is 29.7 Å². The van der Waals surface area contributed by atoms with Gasteiger partial charge in [-0.2, -0.15) is 13.2 Å². The quantitative estimate of drug-likeness (QED) is 0.764. The summed E-state index contributed by atoms with van der Waals surface area (Å²) in [6.07, 6.45) is -2.93. The maximum absolute atomic E-state index is 13.3. The molecule has 7 heteroatoms. The third kappa shape index (κ3) is 4.13. The molecule has 1 atom stereocenters. The number of likely N-dealkylation sites (tertiary alicyclic amines) is 1. The highest BCUT2D eigenvalue weighted by Crippen LogP contribution is 2.26. The van der Waals surface area contributed by atoms with Crippen LogP contribution in [0.15, 0.2) is 42.5 Å². The second kappa shape index (κ2) is 8.20. The molecule has 0 aromatic heterocycles. The van der Waals surface area contributed by atoms with Crippen LogP contribution in [0.2, 0.25) is 0 Å². The smallest absolute Gasteiger partial charge is 0.334 e. The Labute approximate surface area is 161 Å². The molecule has 1 aliphatic rings. The van der Waals surface area contributed by atoms with Crippen molar-refractivity contribution in [2.24, 2.45) is 0 Å². The van der Waals surface area contributed by atoms with Crippen LogP contribution in [0, 0.1) is 0 Å². The highest BCUT2D eigenvalue weighted by atomic mass is 19.4. The van der Waals surface area contributed by atoms with E-state index in [1.807, 2.05) is 43.3 Å². The summed E-state index contributed by atoms with van der Waals surface area (Å²) in [5, 5.41) is 1.75. The highest BCUT2D eigenvalue weighted by molar-refractivity contribution is 6.07. The monoisotopic (exact) mass is 392 g/mol. The summed E-state index contributed by atoms with van der Waals surface area (Å²) in [7, 11) is 0. The van der Waals surface area contributed by atoms with Crippen LogP contribution in [-0.2, 0) is 4.79 Å². The second-order valence-corrected chi connectivity index (χ2v) is 7.07. The van der Waals surface area contributed by atoms with Crippen molar-refractivity contribution in [1.29, 1.82) is 0 Å². The Morgan fingerprint density at radius 2 is 1.86 bits per heavy atom. The van der Waals surface area contributed by atoms with Gasteiger partial charge in [0.15, 0.2) is 0 Å². The molecule has 0 radical (unpaired) electrons. The number of unbranched alkanes of at least 4 members (excludes halogenated alkanes) is 1. The molecule has 1 fully saturated rings. The average molecular weight is 392 g/mol. The highest BCUT2D eigenvalue weighted by Gasteiger charge is 2.45. The Morgan fingerprint density at radius 3 is 2.57 bits per heavy atom. The van der Waals surface area contributed by atoms with E-state index in [1.165, 1.54) is 0 Å². The number of rotatable bonds is 5. The molecule has 3 rings (SSSR count). The minimum absolute atomic E-state index is 0.00839. The summed E-state index contributed by atoms with van der Waals surface area (Å²) in [5.74, 6) is -2.03. The summed E-state index contributed by atoms with van der Waals surface area (Å²) in [6.45, 7) is 2.37. The minimum atomic E-state index is -4.89. The van der Waals surface area contributed by atoms with Gasteiger partial charge in [-0.25, -0.2) is 0 Å². The lowest BCUT2D eigenvalue weighted by Crippen LogP contribution is -2.45. The fourth-order valence-electron chi connectivity index (χ4n) is 3.70. The van der Waals surface area contributed by atoms with Gasteiger partial charge in [-0.15, -0.1) is 0 Å². The first-order chi connectivity index (χ1) is 13.3. The number of benzene rings is 2. The van der Waals surface area contributed by atoms with Crippen LogP contribution in [0.3, 0.4) is 0 Å². The molecule has 0 N–H and O–H groups in total. The van der Waals surface area contributed by atoms with Crippen molar-refractivity contribution in [1.82, 2.24) is 9.80 Å². The van der Waals surface area contributed by atoms with Gasteiger partial charge >= 0.3 is 12.1 Å². The molecule has 0 bridgehead atoms. The van der Waals surface area contributed by atoms with E-state index in [0.29, 0.717) is 18.5 Å². The van der Waals surface area contributed by atoms with Crippen molar-refractivity contribution in [2.75, 3.05) is 19.6 Å². The predicted octanol–water partition coefficient (Wildman–Crippen LogP) is 4.25. The molecule has 1 heterocycles. The molecule has 0 spiro atoms. The van der Waals surface area contributed by atoms with E-state index in [9.17, 15) is 22.8 Å². The molecule has 150 valence electrons. The van der Waals surface area contributed by atoms with Crippen molar-refractivity contribution in [3.05, 3.63) is 48.0 Å². The standard InChI is InChI=1S/C21H23F3N2O2/c1-2-3-12-26(16-11-13-25(14-16)20(28)21(22,23)24)19(27)18-10-6-8-15-7-4-5-9-17(15)18/h4-10,16H,2-3,11-14H2,1H3/t16-/m0/s1.